The number of aryl methyl sites for hydroxylation is 1. The van der Waals surface area contributed by atoms with Crippen LogP contribution in [0, 0.1) is 5.41 Å². The maximum Gasteiger partial charge on any atom is 0.321 e. The molecule has 0 unspecified atom stereocenters. The molecular weight excluding hydrogens is 288 g/mol. The number of rotatable bonds is 2. The van der Waals surface area contributed by atoms with E-state index < -0.39 is 0 Å². The van der Waals surface area contributed by atoms with Gasteiger partial charge in [-0.05, 0) is 24.7 Å². The van der Waals surface area contributed by atoms with Gasteiger partial charge in [-0.25, -0.2) is 4.79 Å². The normalized spacial score (nSPS) is 18.9. The summed E-state index contributed by atoms with van der Waals surface area (Å²) in [6.45, 7) is 1.77. The average molecular weight is 310 g/mol. The summed E-state index contributed by atoms with van der Waals surface area (Å²) in [5.74, 6) is 0. The topological polar surface area (TPSA) is 50.2 Å². The minimum absolute atomic E-state index is 0.000967. The molecule has 2 amide bonds. The lowest BCUT2D eigenvalue weighted by atomic mass is 9.68. The van der Waals surface area contributed by atoms with Gasteiger partial charge in [0.2, 0.25) is 0 Å². The smallest absolute Gasteiger partial charge is 0.321 e. The van der Waals surface area contributed by atoms with E-state index in [9.17, 15) is 4.79 Å². The van der Waals surface area contributed by atoms with Crippen LogP contribution in [0.2, 0.25) is 0 Å². The van der Waals surface area contributed by atoms with Gasteiger partial charge in [-0.1, -0.05) is 36.8 Å². The van der Waals surface area contributed by atoms with Crippen LogP contribution < -0.4 is 5.32 Å². The predicted molar refractivity (Wildman–Crippen MR) is 90.1 cm³/mol. The van der Waals surface area contributed by atoms with Crippen LogP contribution in [-0.4, -0.2) is 33.8 Å². The fourth-order valence-electron chi connectivity index (χ4n) is 3.85. The number of carbonyl (C=O) groups excluding carboxylic acids is 1. The van der Waals surface area contributed by atoms with E-state index in [0.29, 0.717) is 5.41 Å². The van der Waals surface area contributed by atoms with E-state index in [-0.39, 0.29) is 6.03 Å². The van der Waals surface area contributed by atoms with Crippen molar-refractivity contribution in [3.8, 4) is 11.3 Å². The van der Waals surface area contributed by atoms with E-state index in [1.807, 2.05) is 47.0 Å². The van der Waals surface area contributed by atoms with Crippen molar-refractivity contribution < 1.29 is 4.79 Å². The van der Waals surface area contributed by atoms with E-state index >= 15 is 0 Å². The minimum Gasteiger partial charge on any atom is -0.324 e. The van der Waals surface area contributed by atoms with Crippen LogP contribution in [-0.2, 0) is 7.05 Å². The average Bonchev–Trinajstić information content (AvgIpc) is 3.13. The molecule has 5 heteroatoms. The number of nitrogens with zero attached hydrogens (tertiary/aromatic N) is 3. The van der Waals surface area contributed by atoms with Crippen molar-refractivity contribution in [1.82, 2.24) is 14.7 Å². The van der Waals surface area contributed by atoms with Crippen LogP contribution in [0.1, 0.15) is 25.7 Å². The second-order valence-corrected chi connectivity index (χ2v) is 6.85. The van der Waals surface area contributed by atoms with Gasteiger partial charge < -0.3 is 10.2 Å². The van der Waals surface area contributed by atoms with Gasteiger partial charge in [-0.3, -0.25) is 4.68 Å². The molecule has 1 N–H and O–H groups in total. The Balaban J connectivity index is 1.52. The standard InChI is InChI=1S/C18H22N4O/c1-21-16(14-6-3-2-4-7-14)15(12-19-21)20-17(23)22-11-10-18(13-22)8-5-9-18/h2-4,6-7,12H,5,8-11,13H2,1H3,(H,20,23). The molecule has 2 aromatic rings. The summed E-state index contributed by atoms with van der Waals surface area (Å²) >= 11 is 0. The van der Waals surface area contributed by atoms with Gasteiger partial charge in [0.1, 0.15) is 0 Å². The van der Waals surface area contributed by atoms with Crippen molar-refractivity contribution in [2.45, 2.75) is 25.7 Å². The lowest BCUT2D eigenvalue weighted by Gasteiger charge is -2.37. The summed E-state index contributed by atoms with van der Waals surface area (Å²) < 4.78 is 1.81. The number of anilines is 1. The lowest BCUT2D eigenvalue weighted by molar-refractivity contribution is 0.144. The number of urea groups is 1. The van der Waals surface area contributed by atoms with Crippen molar-refractivity contribution in [3.63, 3.8) is 0 Å². The zero-order valence-electron chi connectivity index (χ0n) is 13.5. The Morgan fingerprint density at radius 2 is 2.00 bits per heavy atom. The summed E-state index contributed by atoms with van der Waals surface area (Å²) in [6.07, 6.45) is 6.75. The largest absolute Gasteiger partial charge is 0.324 e. The van der Waals surface area contributed by atoms with E-state index in [1.54, 1.807) is 6.20 Å². The Hall–Kier alpha value is -2.30. The number of benzene rings is 1. The molecule has 1 aromatic carbocycles. The van der Waals surface area contributed by atoms with E-state index in [2.05, 4.69) is 10.4 Å². The van der Waals surface area contributed by atoms with Crippen LogP contribution in [0.5, 0.6) is 0 Å². The fraction of sp³-hybridized carbons (Fsp3) is 0.444. The molecule has 5 nitrogen and oxygen atoms in total. The minimum atomic E-state index is -0.000967. The van der Waals surface area contributed by atoms with E-state index in [1.165, 1.54) is 19.3 Å². The lowest BCUT2D eigenvalue weighted by Crippen LogP contribution is -2.37. The third-order valence-corrected chi connectivity index (χ3v) is 5.37. The summed E-state index contributed by atoms with van der Waals surface area (Å²) in [6, 6.07) is 10.0. The number of likely N-dealkylation sites (tertiary alicyclic amines) is 1. The molecule has 1 aliphatic carbocycles. The number of hydrogen-bond donors (Lipinski definition) is 1. The van der Waals surface area contributed by atoms with Crippen molar-refractivity contribution in [2.75, 3.05) is 18.4 Å². The van der Waals surface area contributed by atoms with E-state index in [4.69, 9.17) is 0 Å². The highest BCUT2D eigenvalue weighted by atomic mass is 16.2. The zero-order chi connectivity index (χ0) is 15.9. The highest BCUT2D eigenvalue weighted by Gasteiger charge is 2.44. The Kier molecular flexibility index (Phi) is 3.36. The molecule has 0 atom stereocenters. The van der Waals surface area contributed by atoms with Gasteiger partial charge in [0.15, 0.2) is 0 Å². The molecule has 23 heavy (non-hydrogen) atoms. The van der Waals surface area contributed by atoms with Gasteiger partial charge in [-0.2, -0.15) is 5.10 Å². The van der Waals surface area contributed by atoms with Crippen LogP contribution >= 0.6 is 0 Å². The number of nitrogens with one attached hydrogen (secondary N) is 1. The predicted octanol–water partition coefficient (Wildman–Crippen LogP) is 3.50. The zero-order valence-corrected chi connectivity index (χ0v) is 13.5. The molecule has 4 rings (SSSR count). The number of amides is 2. The van der Waals surface area contributed by atoms with Crippen LogP contribution in [0.3, 0.4) is 0 Å². The highest BCUT2D eigenvalue weighted by Crippen LogP contribution is 2.48. The summed E-state index contributed by atoms with van der Waals surface area (Å²) in [5.41, 5.74) is 3.20. The monoisotopic (exact) mass is 310 g/mol. The highest BCUT2D eigenvalue weighted by molar-refractivity contribution is 5.93. The Morgan fingerprint density at radius 3 is 2.65 bits per heavy atom. The Bertz CT molecular complexity index is 718. The van der Waals surface area contributed by atoms with Crippen LogP contribution in [0.4, 0.5) is 10.5 Å². The van der Waals surface area contributed by atoms with Gasteiger partial charge in [0, 0.05) is 25.7 Å². The second kappa shape index (κ2) is 5.41. The van der Waals surface area contributed by atoms with Gasteiger partial charge in [0.25, 0.3) is 0 Å². The number of hydrogen-bond acceptors (Lipinski definition) is 2. The molecule has 1 saturated carbocycles. The first-order valence-corrected chi connectivity index (χ1v) is 8.30. The maximum atomic E-state index is 12.6. The van der Waals surface area contributed by atoms with Crippen molar-refractivity contribution in [3.05, 3.63) is 36.5 Å². The summed E-state index contributed by atoms with van der Waals surface area (Å²) in [7, 11) is 1.90. The SMILES string of the molecule is Cn1ncc(NC(=O)N2CCC3(CCC3)C2)c1-c1ccccc1. The van der Waals surface area contributed by atoms with Gasteiger partial charge in [0.05, 0.1) is 17.6 Å². The maximum absolute atomic E-state index is 12.6. The molecular formula is C18H22N4O. The molecule has 2 fully saturated rings. The van der Waals surface area contributed by atoms with Crippen molar-refractivity contribution in [1.29, 1.82) is 0 Å². The van der Waals surface area contributed by atoms with Crippen LogP contribution in [0.15, 0.2) is 36.5 Å². The van der Waals surface area contributed by atoms with Crippen LogP contribution in [0.25, 0.3) is 11.3 Å². The number of aromatic nitrogens is 2. The third-order valence-electron chi connectivity index (χ3n) is 5.37. The first kappa shape index (κ1) is 14.3. The molecule has 1 saturated heterocycles. The Labute approximate surface area is 136 Å². The summed E-state index contributed by atoms with van der Waals surface area (Å²) in [5, 5.41) is 7.37. The van der Waals surface area contributed by atoms with E-state index in [0.717, 1.165) is 36.5 Å². The van der Waals surface area contributed by atoms with Crippen molar-refractivity contribution in [2.24, 2.45) is 12.5 Å². The first-order valence-electron chi connectivity index (χ1n) is 8.30. The van der Waals surface area contributed by atoms with Gasteiger partial charge in [-0.15, -0.1) is 0 Å². The molecule has 0 bridgehead atoms. The molecule has 1 aromatic heterocycles. The molecule has 0 radical (unpaired) electrons. The molecule has 2 aliphatic rings. The first-order chi connectivity index (χ1) is 11.2. The molecule has 2 heterocycles. The quantitative estimate of drug-likeness (QED) is 0.923. The third kappa shape index (κ3) is 2.50. The molecule has 120 valence electrons. The molecule has 1 aliphatic heterocycles. The number of carbonyl (C=O) groups is 1. The summed E-state index contributed by atoms with van der Waals surface area (Å²) in [4.78, 5) is 14.6. The fourth-order valence-corrected chi connectivity index (χ4v) is 3.85. The Morgan fingerprint density at radius 1 is 1.22 bits per heavy atom. The van der Waals surface area contributed by atoms with Crippen molar-refractivity contribution >= 4 is 11.7 Å². The van der Waals surface area contributed by atoms with Gasteiger partial charge >= 0.3 is 6.03 Å². The molecule has 1 spiro atoms. The second-order valence-electron chi connectivity index (χ2n) is 6.85.